The number of rotatable bonds is 1. The van der Waals surface area contributed by atoms with Crippen molar-refractivity contribution >= 4 is 11.7 Å². The molecule has 1 aromatic carbocycles. The third kappa shape index (κ3) is 2.43. The van der Waals surface area contributed by atoms with Crippen LogP contribution in [0.1, 0.15) is 13.3 Å². The molecule has 0 radical (unpaired) electrons. The SMILES string of the molecule is CC1C(N)CCN1C(=O)Nc1ccc(F)cc1F. The molecule has 1 aliphatic heterocycles. The van der Waals surface area contributed by atoms with Crippen molar-refractivity contribution in [1.29, 1.82) is 0 Å². The predicted molar refractivity (Wildman–Crippen MR) is 64.1 cm³/mol. The van der Waals surface area contributed by atoms with Crippen LogP contribution in [-0.4, -0.2) is 29.6 Å². The maximum atomic E-state index is 13.4. The number of likely N-dealkylation sites (tertiary alicyclic amines) is 1. The Morgan fingerprint density at radius 1 is 1.50 bits per heavy atom. The quantitative estimate of drug-likeness (QED) is 0.805. The van der Waals surface area contributed by atoms with Gasteiger partial charge in [-0.1, -0.05) is 0 Å². The van der Waals surface area contributed by atoms with Crippen LogP contribution in [0.5, 0.6) is 0 Å². The molecule has 0 spiro atoms. The first-order valence-corrected chi connectivity index (χ1v) is 5.77. The zero-order valence-electron chi connectivity index (χ0n) is 9.99. The zero-order chi connectivity index (χ0) is 13.3. The second-order valence-electron chi connectivity index (χ2n) is 4.44. The number of carbonyl (C=O) groups excluding carboxylic acids is 1. The van der Waals surface area contributed by atoms with Crippen molar-refractivity contribution in [2.45, 2.75) is 25.4 Å². The van der Waals surface area contributed by atoms with Gasteiger partial charge in [-0.05, 0) is 25.5 Å². The average Bonchev–Trinajstić information content (AvgIpc) is 2.64. The minimum Gasteiger partial charge on any atom is -0.326 e. The summed E-state index contributed by atoms with van der Waals surface area (Å²) in [5, 5.41) is 2.42. The van der Waals surface area contributed by atoms with Gasteiger partial charge < -0.3 is 16.0 Å². The number of halogens is 2. The maximum absolute atomic E-state index is 13.4. The summed E-state index contributed by atoms with van der Waals surface area (Å²) < 4.78 is 26.1. The van der Waals surface area contributed by atoms with Gasteiger partial charge in [-0.25, -0.2) is 13.6 Å². The lowest BCUT2D eigenvalue weighted by Gasteiger charge is -2.23. The number of anilines is 1. The Kier molecular flexibility index (Phi) is 3.47. The minimum absolute atomic E-state index is 0.0333. The molecule has 1 aliphatic rings. The van der Waals surface area contributed by atoms with Crippen LogP contribution in [0.25, 0.3) is 0 Å². The van der Waals surface area contributed by atoms with Crippen molar-refractivity contribution in [3.05, 3.63) is 29.8 Å². The van der Waals surface area contributed by atoms with E-state index in [2.05, 4.69) is 5.32 Å². The van der Waals surface area contributed by atoms with Crippen LogP contribution in [0.2, 0.25) is 0 Å². The molecule has 2 atom stereocenters. The summed E-state index contributed by atoms with van der Waals surface area (Å²) in [6.45, 7) is 2.38. The van der Waals surface area contributed by atoms with Gasteiger partial charge in [0, 0.05) is 24.7 Å². The van der Waals surface area contributed by atoms with Gasteiger partial charge in [0.05, 0.1) is 5.69 Å². The monoisotopic (exact) mass is 255 g/mol. The fourth-order valence-corrected chi connectivity index (χ4v) is 2.03. The molecule has 3 N–H and O–H groups in total. The van der Waals surface area contributed by atoms with Gasteiger partial charge in [-0.15, -0.1) is 0 Å². The summed E-state index contributed by atoms with van der Waals surface area (Å²) in [5.41, 5.74) is 5.77. The standard InChI is InChI=1S/C12H15F2N3O/c1-7-10(15)4-5-17(7)12(18)16-11-3-2-8(13)6-9(11)14/h2-3,6-7,10H,4-5,15H2,1H3,(H,16,18). The molecule has 2 amide bonds. The first-order valence-electron chi connectivity index (χ1n) is 5.77. The highest BCUT2D eigenvalue weighted by Gasteiger charge is 2.31. The van der Waals surface area contributed by atoms with E-state index in [0.29, 0.717) is 6.54 Å². The average molecular weight is 255 g/mol. The lowest BCUT2D eigenvalue weighted by atomic mass is 10.2. The van der Waals surface area contributed by atoms with E-state index in [1.807, 2.05) is 6.92 Å². The molecule has 6 heteroatoms. The van der Waals surface area contributed by atoms with Gasteiger partial charge in [-0.2, -0.15) is 0 Å². The van der Waals surface area contributed by atoms with Crippen LogP contribution in [-0.2, 0) is 0 Å². The summed E-state index contributed by atoms with van der Waals surface area (Å²) in [6, 6.07) is 2.46. The number of benzene rings is 1. The lowest BCUT2D eigenvalue weighted by molar-refractivity contribution is 0.208. The van der Waals surface area contributed by atoms with Gasteiger partial charge in [0.15, 0.2) is 0 Å². The molecule has 1 saturated heterocycles. The fraction of sp³-hybridized carbons (Fsp3) is 0.417. The Balaban J connectivity index is 2.07. The van der Waals surface area contributed by atoms with E-state index in [4.69, 9.17) is 5.73 Å². The van der Waals surface area contributed by atoms with Crippen LogP contribution < -0.4 is 11.1 Å². The molecule has 1 fully saturated rings. The third-order valence-electron chi connectivity index (χ3n) is 3.25. The molecule has 1 aromatic rings. The molecular weight excluding hydrogens is 240 g/mol. The number of carbonyl (C=O) groups is 1. The van der Waals surface area contributed by atoms with E-state index < -0.39 is 17.7 Å². The number of amides is 2. The summed E-state index contributed by atoms with van der Waals surface area (Å²) in [6.07, 6.45) is 0.723. The molecule has 98 valence electrons. The first kappa shape index (κ1) is 12.8. The van der Waals surface area contributed by atoms with Crippen LogP contribution in [0.3, 0.4) is 0 Å². The number of urea groups is 1. The van der Waals surface area contributed by atoms with Gasteiger partial charge in [0.2, 0.25) is 0 Å². The van der Waals surface area contributed by atoms with Crippen molar-refractivity contribution in [1.82, 2.24) is 4.90 Å². The molecule has 0 saturated carbocycles. The molecule has 2 unspecified atom stereocenters. The van der Waals surface area contributed by atoms with Crippen LogP contribution in [0.4, 0.5) is 19.3 Å². The lowest BCUT2D eigenvalue weighted by Crippen LogP contribution is -2.42. The predicted octanol–water partition coefficient (Wildman–Crippen LogP) is 1.92. The minimum atomic E-state index is -0.792. The summed E-state index contributed by atoms with van der Waals surface area (Å²) >= 11 is 0. The Bertz CT molecular complexity index is 467. The molecule has 1 heterocycles. The van der Waals surface area contributed by atoms with E-state index in [9.17, 15) is 13.6 Å². The van der Waals surface area contributed by atoms with Crippen LogP contribution in [0, 0.1) is 11.6 Å². The van der Waals surface area contributed by atoms with E-state index >= 15 is 0 Å². The highest BCUT2D eigenvalue weighted by molar-refractivity contribution is 5.89. The summed E-state index contributed by atoms with van der Waals surface area (Å²) in [4.78, 5) is 13.5. The molecule has 18 heavy (non-hydrogen) atoms. The molecule has 0 bridgehead atoms. The number of nitrogens with zero attached hydrogens (tertiary/aromatic N) is 1. The Morgan fingerprint density at radius 3 is 2.78 bits per heavy atom. The summed E-state index contributed by atoms with van der Waals surface area (Å²) in [5.74, 6) is -1.47. The van der Waals surface area contributed by atoms with Gasteiger partial charge in [0.1, 0.15) is 11.6 Å². The summed E-state index contributed by atoms with van der Waals surface area (Å²) in [7, 11) is 0. The molecule has 0 aromatic heterocycles. The highest BCUT2D eigenvalue weighted by Crippen LogP contribution is 2.19. The maximum Gasteiger partial charge on any atom is 0.322 e. The van der Waals surface area contributed by atoms with E-state index in [-0.39, 0.29) is 17.8 Å². The van der Waals surface area contributed by atoms with E-state index in [1.165, 1.54) is 6.07 Å². The fourth-order valence-electron chi connectivity index (χ4n) is 2.03. The van der Waals surface area contributed by atoms with E-state index in [0.717, 1.165) is 18.6 Å². The Morgan fingerprint density at radius 2 is 2.22 bits per heavy atom. The number of nitrogens with one attached hydrogen (secondary N) is 1. The second-order valence-corrected chi connectivity index (χ2v) is 4.44. The van der Waals surface area contributed by atoms with E-state index in [1.54, 1.807) is 4.90 Å². The third-order valence-corrected chi connectivity index (χ3v) is 3.25. The smallest absolute Gasteiger partial charge is 0.322 e. The van der Waals surface area contributed by atoms with Crippen molar-refractivity contribution in [3.8, 4) is 0 Å². The van der Waals surface area contributed by atoms with Gasteiger partial charge in [-0.3, -0.25) is 0 Å². The molecule has 2 rings (SSSR count). The van der Waals surface area contributed by atoms with Crippen molar-refractivity contribution in [2.75, 3.05) is 11.9 Å². The molecule has 0 aliphatic carbocycles. The molecular formula is C12H15F2N3O. The highest BCUT2D eigenvalue weighted by atomic mass is 19.1. The van der Waals surface area contributed by atoms with Crippen molar-refractivity contribution in [3.63, 3.8) is 0 Å². The van der Waals surface area contributed by atoms with Crippen LogP contribution in [0.15, 0.2) is 18.2 Å². The molecule has 4 nitrogen and oxygen atoms in total. The number of nitrogens with two attached hydrogens (primary N) is 1. The first-order chi connectivity index (χ1) is 8.49. The van der Waals surface area contributed by atoms with Crippen LogP contribution >= 0.6 is 0 Å². The largest absolute Gasteiger partial charge is 0.326 e. The normalized spacial score (nSPS) is 23.2. The number of hydrogen-bond acceptors (Lipinski definition) is 2. The van der Waals surface area contributed by atoms with Gasteiger partial charge >= 0.3 is 6.03 Å². The second kappa shape index (κ2) is 4.89. The Hall–Kier alpha value is -1.69. The number of hydrogen-bond donors (Lipinski definition) is 2. The van der Waals surface area contributed by atoms with Crippen molar-refractivity contribution < 1.29 is 13.6 Å². The zero-order valence-corrected chi connectivity index (χ0v) is 9.99. The van der Waals surface area contributed by atoms with Crippen molar-refractivity contribution in [2.24, 2.45) is 5.73 Å². The topological polar surface area (TPSA) is 58.4 Å². The van der Waals surface area contributed by atoms with Gasteiger partial charge in [0.25, 0.3) is 0 Å². The Labute approximate surface area is 104 Å².